The van der Waals surface area contributed by atoms with Crippen molar-refractivity contribution >= 4 is 0 Å². The average Bonchev–Trinajstić information content (AvgIpc) is 2.77. The molecule has 0 aromatic rings. The van der Waals surface area contributed by atoms with Crippen molar-refractivity contribution in [2.45, 2.75) is 141 Å². The molecule has 0 bridgehead atoms. The van der Waals surface area contributed by atoms with Crippen LogP contribution in [0, 0.1) is 0 Å². The first kappa shape index (κ1) is 30.3. The smallest absolute Gasteiger partial charge is 0.0746 e. The zero-order valence-electron chi connectivity index (χ0n) is 20.4. The molecule has 3 atom stereocenters. The Morgan fingerprint density at radius 2 is 1.16 bits per heavy atom. The van der Waals surface area contributed by atoms with Crippen LogP contribution < -0.4 is 5.73 Å². The van der Waals surface area contributed by atoms with Gasteiger partial charge in [0.1, 0.15) is 0 Å². The molecule has 184 valence electrons. The third-order valence-corrected chi connectivity index (χ3v) is 5.96. The molecule has 0 heterocycles. The maximum absolute atomic E-state index is 9.81. The van der Waals surface area contributed by atoms with Gasteiger partial charge in [-0.15, -0.1) is 0 Å². The number of nitrogens with two attached hydrogens (primary N) is 1. The van der Waals surface area contributed by atoms with E-state index in [1.807, 2.05) is 6.08 Å². The van der Waals surface area contributed by atoms with Gasteiger partial charge in [-0.05, 0) is 19.3 Å². The van der Waals surface area contributed by atoms with E-state index in [0.29, 0.717) is 0 Å². The fraction of sp³-hybridized carbons (Fsp3) is 0.852. The number of rotatable bonds is 23. The average molecular weight is 440 g/mol. The molecular weight excluding hydrogens is 386 g/mol. The van der Waals surface area contributed by atoms with E-state index in [2.05, 4.69) is 19.1 Å². The van der Waals surface area contributed by atoms with Gasteiger partial charge in [-0.1, -0.05) is 121 Å². The van der Waals surface area contributed by atoms with Crippen LogP contribution in [0.4, 0.5) is 0 Å². The second-order valence-electron chi connectivity index (χ2n) is 9.09. The third-order valence-electron chi connectivity index (χ3n) is 5.96. The highest BCUT2D eigenvalue weighted by Crippen LogP contribution is 2.14. The Morgan fingerprint density at radius 1 is 0.677 bits per heavy atom. The standard InChI is InChI=1S/C27H53NO3/c1-2-3-4-5-6-7-8-9-10-11-12-13-14-15-16-17-18-19-20-21-22-25(30)23-27(31)26(28)24-29/h18-19,21-22,25-27,29-31H,2-17,20,23-24,28H2,1H3. The van der Waals surface area contributed by atoms with Gasteiger partial charge in [0.25, 0.3) is 0 Å². The van der Waals surface area contributed by atoms with E-state index in [-0.39, 0.29) is 13.0 Å². The fourth-order valence-corrected chi connectivity index (χ4v) is 3.78. The lowest BCUT2D eigenvalue weighted by Crippen LogP contribution is -2.39. The monoisotopic (exact) mass is 439 g/mol. The summed E-state index contributed by atoms with van der Waals surface area (Å²) < 4.78 is 0. The summed E-state index contributed by atoms with van der Waals surface area (Å²) >= 11 is 0. The maximum Gasteiger partial charge on any atom is 0.0746 e. The zero-order valence-corrected chi connectivity index (χ0v) is 20.4. The number of allylic oxidation sites excluding steroid dienone is 3. The van der Waals surface area contributed by atoms with E-state index >= 15 is 0 Å². The Hall–Kier alpha value is -0.680. The molecule has 0 saturated carbocycles. The summed E-state index contributed by atoms with van der Waals surface area (Å²) in [5.74, 6) is 0. The summed E-state index contributed by atoms with van der Waals surface area (Å²) in [7, 11) is 0. The van der Waals surface area contributed by atoms with Crippen LogP contribution in [-0.4, -0.2) is 40.2 Å². The Labute approximate surface area is 193 Å². The van der Waals surface area contributed by atoms with Crippen molar-refractivity contribution in [1.29, 1.82) is 0 Å². The molecule has 0 spiro atoms. The van der Waals surface area contributed by atoms with Gasteiger partial charge in [-0.2, -0.15) is 0 Å². The molecule has 0 radical (unpaired) electrons. The van der Waals surface area contributed by atoms with Crippen LogP contribution in [0.25, 0.3) is 0 Å². The lowest BCUT2D eigenvalue weighted by atomic mass is 10.0. The molecule has 0 aliphatic heterocycles. The first-order chi connectivity index (χ1) is 15.1. The molecule has 0 aliphatic carbocycles. The summed E-state index contributed by atoms with van der Waals surface area (Å²) in [5, 5.41) is 28.3. The van der Waals surface area contributed by atoms with Crippen molar-refractivity contribution < 1.29 is 15.3 Å². The lowest BCUT2D eigenvalue weighted by molar-refractivity contribution is 0.0658. The minimum atomic E-state index is -0.884. The van der Waals surface area contributed by atoms with E-state index in [9.17, 15) is 10.2 Å². The molecule has 0 amide bonds. The minimum Gasteiger partial charge on any atom is -0.395 e. The predicted octanol–water partition coefficient (Wildman–Crippen LogP) is 6.18. The Balaban J connectivity index is 3.34. The molecular formula is C27H53NO3. The van der Waals surface area contributed by atoms with Crippen LogP contribution in [0.1, 0.15) is 122 Å². The number of aliphatic hydroxyl groups is 3. The number of unbranched alkanes of at least 4 members (excludes halogenated alkanes) is 15. The van der Waals surface area contributed by atoms with Gasteiger partial charge in [0.05, 0.1) is 24.9 Å². The van der Waals surface area contributed by atoms with Gasteiger partial charge in [-0.25, -0.2) is 0 Å². The van der Waals surface area contributed by atoms with Gasteiger partial charge < -0.3 is 21.1 Å². The van der Waals surface area contributed by atoms with Crippen molar-refractivity contribution in [2.75, 3.05) is 6.61 Å². The van der Waals surface area contributed by atoms with Crippen molar-refractivity contribution in [1.82, 2.24) is 0 Å². The van der Waals surface area contributed by atoms with E-state index in [1.54, 1.807) is 6.08 Å². The second kappa shape index (κ2) is 24.0. The van der Waals surface area contributed by atoms with E-state index < -0.39 is 18.2 Å². The molecule has 0 rings (SSSR count). The molecule has 5 N–H and O–H groups in total. The highest BCUT2D eigenvalue weighted by Gasteiger charge is 2.16. The van der Waals surface area contributed by atoms with E-state index in [1.165, 1.54) is 96.3 Å². The second-order valence-corrected chi connectivity index (χ2v) is 9.09. The quantitative estimate of drug-likeness (QED) is 0.113. The molecule has 3 unspecified atom stereocenters. The first-order valence-corrected chi connectivity index (χ1v) is 13.2. The highest BCUT2D eigenvalue weighted by atomic mass is 16.3. The predicted molar refractivity (Wildman–Crippen MR) is 134 cm³/mol. The Bertz CT molecular complexity index is 411. The lowest BCUT2D eigenvalue weighted by Gasteiger charge is -2.17. The fourth-order valence-electron chi connectivity index (χ4n) is 3.78. The largest absolute Gasteiger partial charge is 0.395 e. The van der Waals surface area contributed by atoms with Gasteiger partial charge in [0.2, 0.25) is 0 Å². The van der Waals surface area contributed by atoms with Gasteiger partial charge in [0, 0.05) is 6.42 Å². The molecule has 0 saturated heterocycles. The van der Waals surface area contributed by atoms with Crippen LogP contribution >= 0.6 is 0 Å². The summed E-state index contributed by atoms with van der Waals surface area (Å²) in [6.07, 6.45) is 29.3. The number of hydrogen-bond acceptors (Lipinski definition) is 4. The summed E-state index contributed by atoms with van der Waals surface area (Å²) in [5.41, 5.74) is 5.52. The van der Waals surface area contributed by atoms with Crippen molar-refractivity contribution in [3.63, 3.8) is 0 Å². The number of hydrogen-bond donors (Lipinski definition) is 4. The molecule has 4 heteroatoms. The topological polar surface area (TPSA) is 86.7 Å². The molecule has 4 nitrogen and oxygen atoms in total. The van der Waals surface area contributed by atoms with E-state index in [4.69, 9.17) is 10.8 Å². The zero-order chi connectivity index (χ0) is 23.0. The number of aliphatic hydroxyl groups excluding tert-OH is 3. The van der Waals surface area contributed by atoms with Crippen LogP contribution in [-0.2, 0) is 0 Å². The first-order valence-electron chi connectivity index (χ1n) is 13.2. The van der Waals surface area contributed by atoms with Gasteiger partial charge in [0.15, 0.2) is 0 Å². The highest BCUT2D eigenvalue weighted by molar-refractivity contribution is 4.96. The van der Waals surface area contributed by atoms with E-state index in [0.717, 1.165) is 12.8 Å². The Morgan fingerprint density at radius 3 is 1.65 bits per heavy atom. The van der Waals surface area contributed by atoms with Crippen molar-refractivity contribution in [3.8, 4) is 0 Å². The Kier molecular flexibility index (Phi) is 23.4. The molecule has 0 aromatic carbocycles. The summed E-state index contributed by atoms with van der Waals surface area (Å²) in [6.45, 7) is 2.00. The van der Waals surface area contributed by atoms with Gasteiger partial charge >= 0.3 is 0 Å². The summed E-state index contributed by atoms with van der Waals surface area (Å²) in [4.78, 5) is 0. The maximum atomic E-state index is 9.81. The molecule has 0 fully saturated rings. The van der Waals surface area contributed by atoms with Crippen LogP contribution in [0.5, 0.6) is 0 Å². The third kappa shape index (κ3) is 22.3. The summed E-state index contributed by atoms with van der Waals surface area (Å²) in [6, 6.07) is -0.696. The van der Waals surface area contributed by atoms with Crippen LogP contribution in [0.2, 0.25) is 0 Å². The normalized spacial score (nSPS) is 15.1. The van der Waals surface area contributed by atoms with Crippen molar-refractivity contribution in [3.05, 3.63) is 24.3 Å². The van der Waals surface area contributed by atoms with Crippen LogP contribution in [0.15, 0.2) is 24.3 Å². The minimum absolute atomic E-state index is 0.154. The van der Waals surface area contributed by atoms with Crippen molar-refractivity contribution in [2.24, 2.45) is 5.73 Å². The molecule has 0 aliphatic rings. The SMILES string of the molecule is CCCCCCCCCCCCCCCCCC=CCC=CC(O)CC(O)C(N)CO. The van der Waals surface area contributed by atoms with Gasteiger partial charge in [-0.3, -0.25) is 0 Å². The van der Waals surface area contributed by atoms with Crippen LogP contribution in [0.3, 0.4) is 0 Å². The molecule has 31 heavy (non-hydrogen) atoms. The molecule has 0 aromatic heterocycles.